The lowest BCUT2D eigenvalue weighted by atomic mass is 9.89. The number of hydrogen-bond acceptors (Lipinski definition) is 3. The second-order valence-electron chi connectivity index (χ2n) is 7.40. The molecule has 4 heteroatoms. The van der Waals surface area contributed by atoms with Gasteiger partial charge in [-0.15, -0.1) is 11.3 Å². The Hall–Kier alpha value is -1.58. The molecule has 0 spiro atoms. The van der Waals surface area contributed by atoms with E-state index in [1.54, 1.807) is 11.3 Å². The average molecular weight is 359 g/mol. The van der Waals surface area contributed by atoms with Crippen molar-refractivity contribution in [2.24, 2.45) is 0 Å². The van der Waals surface area contributed by atoms with Crippen LogP contribution in [0.1, 0.15) is 51.1 Å². The molecule has 126 valence electrons. The number of nitrogens with one attached hydrogen (secondary N) is 1. The van der Waals surface area contributed by atoms with E-state index in [0.717, 1.165) is 26.6 Å². The monoisotopic (exact) mass is 358 g/mol. The fraction of sp³-hybridized carbons (Fsp3) is 0.350. The number of rotatable bonds is 3. The van der Waals surface area contributed by atoms with Gasteiger partial charge in [-0.2, -0.15) is 0 Å². The molecule has 0 fully saturated rings. The molecule has 0 saturated carbocycles. The van der Waals surface area contributed by atoms with Gasteiger partial charge in [0, 0.05) is 31.8 Å². The normalized spacial score (nSPS) is 12.1. The van der Waals surface area contributed by atoms with Gasteiger partial charge in [-0.25, -0.2) is 4.98 Å². The highest BCUT2D eigenvalue weighted by Crippen LogP contribution is 2.39. The number of benzene rings is 2. The summed E-state index contributed by atoms with van der Waals surface area (Å²) >= 11 is 8.07. The van der Waals surface area contributed by atoms with Crippen LogP contribution in [0.15, 0.2) is 36.4 Å². The lowest BCUT2D eigenvalue weighted by Crippen LogP contribution is -2.14. The summed E-state index contributed by atoms with van der Waals surface area (Å²) in [5.41, 5.74) is 2.26. The maximum Gasteiger partial charge on any atom is 0.187 e. The molecule has 2 aromatic carbocycles. The lowest BCUT2D eigenvalue weighted by molar-refractivity contribution is 0.562. The first-order valence-corrected chi connectivity index (χ1v) is 9.42. The Morgan fingerprint density at radius 2 is 1.71 bits per heavy atom. The molecule has 3 rings (SSSR count). The first-order valence-electron chi connectivity index (χ1n) is 8.23. The van der Waals surface area contributed by atoms with Crippen LogP contribution in [0.2, 0.25) is 5.02 Å². The van der Waals surface area contributed by atoms with Crippen LogP contribution in [0.25, 0.3) is 10.8 Å². The van der Waals surface area contributed by atoms with Crippen LogP contribution < -0.4 is 5.32 Å². The number of aromatic nitrogens is 1. The second-order valence-corrected chi connectivity index (χ2v) is 8.84. The van der Waals surface area contributed by atoms with E-state index in [2.05, 4.69) is 46.0 Å². The third kappa shape index (κ3) is 3.28. The molecule has 0 saturated heterocycles. The first kappa shape index (κ1) is 17.2. The van der Waals surface area contributed by atoms with E-state index >= 15 is 0 Å². The van der Waals surface area contributed by atoms with E-state index in [1.165, 1.54) is 10.6 Å². The van der Waals surface area contributed by atoms with Crippen molar-refractivity contribution in [3.05, 3.63) is 52.0 Å². The summed E-state index contributed by atoms with van der Waals surface area (Å²) in [5.74, 6) is 0.467. The molecule has 3 aromatic rings. The van der Waals surface area contributed by atoms with Crippen molar-refractivity contribution in [3.8, 4) is 0 Å². The molecule has 0 aliphatic carbocycles. The van der Waals surface area contributed by atoms with E-state index in [-0.39, 0.29) is 5.41 Å². The predicted molar refractivity (Wildman–Crippen MR) is 107 cm³/mol. The Morgan fingerprint density at radius 3 is 2.29 bits per heavy atom. The topological polar surface area (TPSA) is 24.9 Å². The van der Waals surface area contributed by atoms with Gasteiger partial charge < -0.3 is 5.32 Å². The molecule has 1 N–H and O–H groups in total. The zero-order chi connectivity index (χ0) is 17.5. The second kappa shape index (κ2) is 6.38. The molecule has 2 nitrogen and oxygen atoms in total. The summed E-state index contributed by atoms with van der Waals surface area (Å²) in [6.45, 7) is 11.1. The smallest absolute Gasteiger partial charge is 0.187 e. The quantitative estimate of drug-likeness (QED) is 0.539. The van der Waals surface area contributed by atoms with Gasteiger partial charge in [0.2, 0.25) is 0 Å². The molecule has 0 amide bonds. The minimum Gasteiger partial charge on any atom is -0.331 e. The van der Waals surface area contributed by atoms with Crippen molar-refractivity contribution < 1.29 is 0 Å². The van der Waals surface area contributed by atoms with Gasteiger partial charge in [0.05, 0.1) is 5.69 Å². The maximum absolute atomic E-state index is 6.32. The van der Waals surface area contributed by atoms with Crippen LogP contribution in [-0.4, -0.2) is 4.98 Å². The van der Waals surface area contributed by atoms with E-state index in [1.807, 2.05) is 30.3 Å². The lowest BCUT2D eigenvalue weighted by Gasteiger charge is -2.18. The number of nitrogens with zero attached hydrogens (tertiary/aromatic N) is 1. The molecule has 1 heterocycles. The van der Waals surface area contributed by atoms with Crippen molar-refractivity contribution >= 4 is 44.5 Å². The minimum atomic E-state index is 0.0398. The van der Waals surface area contributed by atoms with Crippen LogP contribution in [0.5, 0.6) is 0 Å². The van der Waals surface area contributed by atoms with Gasteiger partial charge in [0.25, 0.3) is 0 Å². The van der Waals surface area contributed by atoms with Crippen LogP contribution in [-0.2, 0) is 5.41 Å². The Morgan fingerprint density at radius 1 is 1.04 bits per heavy atom. The van der Waals surface area contributed by atoms with Gasteiger partial charge in [0.15, 0.2) is 5.13 Å². The third-order valence-electron chi connectivity index (χ3n) is 4.00. The summed E-state index contributed by atoms with van der Waals surface area (Å²) < 4.78 is 0. The van der Waals surface area contributed by atoms with Crippen LogP contribution in [0, 0.1) is 0 Å². The van der Waals surface area contributed by atoms with Crippen molar-refractivity contribution in [3.63, 3.8) is 0 Å². The van der Waals surface area contributed by atoms with Gasteiger partial charge in [-0.3, -0.25) is 0 Å². The number of anilines is 2. The van der Waals surface area contributed by atoms with E-state index in [0.29, 0.717) is 5.92 Å². The highest BCUT2D eigenvalue weighted by molar-refractivity contribution is 7.15. The Balaban J connectivity index is 2.05. The van der Waals surface area contributed by atoms with Crippen molar-refractivity contribution in [2.45, 2.75) is 46.0 Å². The third-order valence-corrected chi connectivity index (χ3v) is 5.60. The molecule has 0 bridgehead atoms. The van der Waals surface area contributed by atoms with E-state index < -0.39 is 0 Å². The molecule has 24 heavy (non-hydrogen) atoms. The van der Waals surface area contributed by atoms with Gasteiger partial charge in [-0.1, -0.05) is 70.5 Å². The molecular weight excluding hydrogens is 336 g/mol. The van der Waals surface area contributed by atoms with E-state index in [4.69, 9.17) is 16.6 Å². The molecule has 0 atom stereocenters. The fourth-order valence-electron chi connectivity index (χ4n) is 2.80. The zero-order valence-electron chi connectivity index (χ0n) is 14.8. The van der Waals surface area contributed by atoms with E-state index in [9.17, 15) is 0 Å². The Kier molecular flexibility index (Phi) is 4.58. The average Bonchev–Trinajstić information content (AvgIpc) is 2.95. The molecule has 0 unspecified atom stereocenters. The highest BCUT2D eigenvalue weighted by atomic mass is 35.5. The zero-order valence-corrected chi connectivity index (χ0v) is 16.3. The van der Waals surface area contributed by atoms with Gasteiger partial charge in [-0.05, 0) is 18.1 Å². The summed E-state index contributed by atoms with van der Waals surface area (Å²) in [6.07, 6.45) is 0. The standard InChI is InChI=1S/C20H23ClN2S/c1-12(2)17-18(20(3,4)5)23-19(24-17)22-16-11-10-15(21)13-8-6-7-9-14(13)16/h6-12H,1-5H3,(H,22,23). The number of thiazole rings is 1. The van der Waals surface area contributed by atoms with Crippen LogP contribution >= 0.6 is 22.9 Å². The summed E-state index contributed by atoms with van der Waals surface area (Å²) in [6, 6.07) is 12.1. The molecular formula is C20H23ClN2S. The number of halogens is 1. The van der Waals surface area contributed by atoms with Gasteiger partial charge >= 0.3 is 0 Å². The number of hydrogen-bond donors (Lipinski definition) is 1. The van der Waals surface area contributed by atoms with Crippen LogP contribution in [0.3, 0.4) is 0 Å². The molecule has 0 radical (unpaired) electrons. The molecule has 1 aromatic heterocycles. The van der Waals surface area contributed by atoms with Gasteiger partial charge in [0.1, 0.15) is 0 Å². The summed E-state index contributed by atoms with van der Waals surface area (Å²) in [7, 11) is 0. The minimum absolute atomic E-state index is 0.0398. The highest BCUT2D eigenvalue weighted by Gasteiger charge is 2.25. The largest absolute Gasteiger partial charge is 0.331 e. The molecule has 0 aliphatic rings. The van der Waals surface area contributed by atoms with Crippen molar-refractivity contribution in [1.29, 1.82) is 0 Å². The SMILES string of the molecule is CC(C)c1sc(Nc2ccc(Cl)c3ccccc23)nc1C(C)(C)C. The fourth-order valence-corrected chi connectivity index (χ4v) is 4.22. The summed E-state index contributed by atoms with van der Waals surface area (Å²) in [4.78, 5) is 6.25. The maximum atomic E-state index is 6.32. The van der Waals surface area contributed by atoms with Crippen molar-refractivity contribution in [2.75, 3.05) is 5.32 Å². The Labute approximate surface area is 152 Å². The summed E-state index contributed by atoms with van der Waals surface area (Å²) in [5, 5.41) is 7.39. The van der Waals surface area contributed by atoms with Crippen LogP contribution in [0.4, 0.5) is 10.8 Å². The Bertz CT molecular complexity index is 875. The van der Waals surface area contributed by atoms with Crippen molar-refractivity contribution in [1.82, 2.24) is 4.98 Å². The number of fused-ring (bicyclic) bond motifs is 1. The first-order chi connectivity index (χ1) is 11.3. The molecule has 0 aliphatic heterocycles. The predicted octanol–water partition coefficient (Wildman–Crippen LogP) is 7.11.